The molecule has 0 bridgehead atoms. The molecule has 3 rings (SSSR count). The second kappa shape index (κ2) is 4.62. The van der Waals surface area contributed by atoms with E-state index in [0.717, 1.165) is 10.8 Å². The number of carbonyl (C=O) groups excluding carboxylic acids is 1. The van der Waals surface area contributed by atoms with Crippen molar-refractivity contribution in [2.24, 2.45) is 0 Å². The van der Waals surface area contributed by atoms with Crippen molar-refractivity contribution in [3.8, 4) is 11.8 Å². The Hall–Kier alpha value is -2.95. The number of fused-ring (bicyclic) bond motifs is 1. The second-order valence-corrected chi connectivity index (χ2v) is 4.28. The van der Waals surface area contributed by atoms with Crippen LogP contribution in [0.4, 0.5) is 0 Å². The van der Waals surface area contributed by atoms with Crippen LogP contribution in [0.2, 0.25) is 0 Å². The summed E-state index contributed by atoms with van der Waals surface area (Å²) in [5.41, 5.74) is 0.330. The molecule has 0 saturated heterocycles. The van der Waals surface area contributed by atoms with E-state index in [4.69, 9.17) is 4.84 Å². The quantitative estimate of drug-likeness (QED) is 0.749. The van der Waals surface area contributed by atoms with E-state index in [1.165, 1.54) is 12.1 Å². The van der Waals surface area contributed by atoms with Crippen LogP contribution in [0.1, 0.15) is 10.4 Å². The number of benzene rings is 2. The number of aromatic hydroxyl groups is 2. The van der Waals surface area contributed by atoms with Gasteiger partial charge in [-0.1, -0.05) is 30.3 Å². The molecule has 0 aliphatic heterocycles. The lowest BCUT2D eigenvalue weighted by Crippen LogP contribution is -2.18. The van der Waals surface area contributed by atoms with Gasteiger partial charge in [-0.25, -0.2) is 4.79 Å². The van der Waals surface area contributed by atoms with Crippen LogP contribution in [0.5, 0.6) is 11.8 Å². The van der Waals surface area contributed by atoms with Gasteiger partial charge >= 0.3 is 5.97 Å². The van der Waals surface area contributed by atoms with Gasteiger partial charge in [-0.2, -0.15) is 0 Å². The van der Waals surface area contributed by atoms with Crippen molar-refractivity contribution in [3.63, 3.8) is 0 Å². The van der Waals surface area contributed by atoms with Gasteiger partial charge in [0.2, 0.25) is 11.8 Å². The van der Waals surface area contributed by atoms with E-state index in [9.17, 15) is 15.0 Å². The van der Waals surface area contributed by atoms with E-state index in [1.54, 1.807) is 18.2 Å². The fraction of sp³-hybridized carbons (Fsp3) is 0. The molecule has 0 unspecified atom stereocenters. The highest BCUT2D eigenvalue weighted by atomic mass is 16.7. The monoisotopic (exact) mass is 269 g/mol. The van der Waals surface area contributed by atoms with E-state index < -0.39 is 5.97 Å². The minimum absolute atomic E-state index is 0.330. The highest BCUT2D eigenvalue weighted by Crippen LogP contribution is 2.20. The molecule has 20 heavy (non-hydrogen) atoms. The highest BCUT2D eigenvalue weighted by Gasteiger charge is 2.14. The molecule has 0 spiro atoms. The maximum atomic E-state index is 12.0. The molecule has 2 N–H and O–H groups in total. The van der Waals surface area contributed by atoms with E-state index >= 15 is 0 Å². The molecule has 1 heterocycles. The normalized spacial score (nSPS) is 10.6. The lowest BCUT2D eigenvalue weighted by atomic mass is 10.1. The molecule has 0 aliphatic carbocycles. The van der Waals surface area contributed by atoms with Gasteiger partial charge in [0.1, 0.15) is 0 Å². The molecule has 0 saturated carbocycles. The third kappa shape index (κ3) is 2.05. The Morgan fingerprint density at radius 1 is 0.900 bits per heavy atom. The summed E-state index contributed by atoms with van der Waals surface area (Å²) in [5.74, 6) is -1.37. The molecule has 0 fully saturated rings. The number of aromatic nitrogens is 1. The molecule has 0 atom stereocenters. The highest BCUT2D eigenvalue weighted by molar-refractivity contribution is 5.95. The molecular weight excluding hydrogens is 258 g/mol. The van der Waals surface area contributed by atoms with Crippen LogP contribution in [0, 0.1) is 0 Å². The Bertz CT molecular complexity index is 772. The van der Waals surface area contributed by atoms with Gasteiger partial charge in [0, 0.05) is 12.1 Å². The van der Waals surface area contributed by atoms with Crippen LogP contribution >= 0.6 is 0 Å². The number of rotatable bonds is 2. The average Bonchev–Trinajstić information content (AvgIpc) is 2.78. The van der Waals surface area contributed by atoms with Crippen LogP contribution in [0.3, 0.4) is 0 Å². The van der Waals surface area contributed by atoms with Crippen LogP contribution in [-0.2, 0) is 0 Å². The van der Waals surface area contributed by atoms with Crippen LogP contribution in [0.15, 0.2) is 54.6 Å². The van der Waals surface area contributed by atoms with Crippen LogP contribution in [-0.4, -0.2) is 20.9 Å². The van der Waals surface area contributed by atoms with Gasteiger partial charge in [-0.15, -0.1) is 4.73 Å². The van der Waals surface area contributed by atoms with Gasteiger partial charge in [0.15, 0.2) is 0 Å². The number of hydrogen-bond acceptors (Lipinski definition) is 4. The second-order valence-electron chi connectivity index (χ2n) is 4.28. The summed E-state index contributed by atoms with van der Waals surface area (Å²) in [6.45, 7) is 0. The molecule has 5 nitrogen and oxygen atoms in total. The van der Waals surface area contributed by atoms with Crippen LogP contribution < -0.4 is 4.84 Å². The lowest BCUT2D eigenvalue weighted by Gasteiger charge is -2.07. The Labute approximate surface area is 114 Å². The Kier molecular flexibility index (Phi) is 2.80. The molecular formula is C15H11NO4. The standard InChI is InChI=1S/C15H11NO4/c17-13-7-8-14(18)16(13)20-15(19)12-6-5-10-3-1-2-4-11(10)9-12/h1-9,17-18H. The first-order valence-corrected chi connectivity index (χ1v) is 5.96. The number of hydrogen-bond donors (Lipinski definition) is 2. The van der Waals surface area contributed by atoms with Gasteiger partial charge in [-0.3, -0.25) is 0 Å². The summed E-state index contributed by atoms with van der Waals surface area (Å²) in [5, 5.41) is 20.8. The summed E-state index contributed by atoms with van der Waals surface area (Å²) in [4.78, 5) is 16.9. The maximum Gasteiger partial charge on any atom is 0.363 e. The van der Waals surface area contributed by atoms with Crippen molar-refractivity contribution in [1.82, 2.24) is 4.73 Å². The third-order valence-corrected chi connectivity index (χ3v) is 2.96. The van der Waals surface area contributed by atoms with Crippen LogP contribution in [0.25, 0.3) is 10.8 Å². The van der Waals surface area contributed by atoms with E-state index in [1.807, 2.05) is 24.3 Å². The summed E-state index contributed by atoms with van der Waals surface area (Å²) in [6, 6.07) is 15.2. The maximum absolute atomic E-state index is 12.0. The largest absolute Gasteiger partial charge is 0.492 e. The zero-order valence-electron chi connectivity index (χ0n) is 10.4. The molecule has 0 aliphatic rings. The minimum Gasteiger partial charge on any atom is -0.492 e. The summed E-state index contributed by atoms with van der Waals surface area (Å²) in [6.07, 6.45) is 0. The van der Waals surface area contributed by atoms with Crippen molar-refractivity contribution in [2.75, 3.05) is 0 Å². The van der Waals surface area contributed by atoms with Crippen molar-refractivity contribution in [3.05, 3.63) is 60.2 Å². The first-order chi connectivity index (χ1) is 9.65. The molecule has 100 valence electrons. The average molecular weight is 269 g/mol. The first kappa shape index (κ1) is 12.1. The smallest absolute Gasteiger partial charge is 0.363 e. The van der Waals surface area contributed by atoms with Crippen molar-refractivity contribution in [1.29, 1.82) is 0 Å². The summed E-state index contributed by atoms with van der Waals surface area (Å²) < 4.78 is 0.664. The zero-order chi connectivity index (χ0) is 14.1. The predicted octanol–water partition coefficient (Wildman–Crippen LogP) is 2.32. The zero-order valence-corrected chi connectivity index (χ0v) is 10.4. The fourth-order valence-electron chi connectivity index (χ4n) is 1.95. The summed E-state index contributed by atoms with van der Waals surface area (Å²) in [7, 11) is 0. The third-order valence-electron chi connectivity index (χ3n) is 2.96. The first-order valence-electron chi connectivity index (χ1n) is 5.96. The molecule has 0 radical (unpaired) electrons. The lowest BCUT2D eigenvalue weighted by molar-refractivity contribution is 0.0382. The molecule has 0 amide bonds. The molecule has 5 heteroatoms. The number of carbonyl (C=O) groups is 1. The Balaban J connectivity index is 1.93. The van der Waals surface area contributed by atoms with Gasteiger partial charge in [-0.05, 0) is 22.9 Å². The Morgan fingerprint density at radius 3 is 2.25 bits per heavy atom. The van der Waals surface area contributed by atoms with Gasteiger partial charge < -0.3 is 15.1 Å². The SMILES string of the molecule is O=C(On1c(O)ccc1O)c1ccc2ccccc2c1. The molecule has 2 aromatic carbocycles. The van der Waals surface area contributed by atoms with Crippen molar-refractivity contribution in [2.45, 2.75) is 0 Å². The molecule has 1 aromatic heterocycles. The molecule has 3 aromatic rings. The minimum atomic E-state index is -0.669. The van der Waals surface area contributed by atoms with Gasteiger partial charge in [0.25, 0.3) is 0 Å². The van der Waals surface area contributed by atoms with Crippen molar-refractivity contribution >= 4 is 16.7 Å². The number of nitrogens with zero attached hydrogens (tertiary/aromatic N) is 1. The van der Waals surface area contributed by atoms with E-state index in [2.05, 4.69) is 0 Å². The van der Waals surface area contributed by atoms with Gasteiger partial charge in [0.05, 0.1) is 5.56 Å². The van der Waals surface area contributed by atoms with E-state index in [-0.39, 0.29) is 11.8 Å². The topological polar surface area (TPSA) is 71.7 Å². The fourth-order valence-corrected chi connectivity index (χ4v) is 1.95. The Morgan fingerprint density at radius 2 is 1.55 bits per heavy atom. The predicted molar refractivity (Wildman–Crippen MR) is 72.6 cm³/mol. The van der Waals surface area contributed by atoms with E-state index in [0.29, 0.717) is 10.3 Å². The summed E-state index contributed by atoms with van der Waals surface area (Å²) >= 11 is 0. The van der Waals surface area contributed by atoms with Crippen molar-refractivity contribution < 1.29 is 19.8 Å².